The summed E-state index contributed by atoms with van der Waals surface area (Å²) in [6.45, 7) is 7.47. The topological polar surface area (TPSA) is 43.2 Å². The Hall–Kier alpha value is -2.40. The highest BCUT2D eigenvalue weighted by Gasteiger charge is 2.18. The molecular weight excluding hydrogens is 288 g/mol. The van der Waals surface area contributed by atoms with Crippen molar-refractivity contribution in [2.24, 2.45) is 0 Å². The van der Waals surface area contributed by atoms with Gasteiger partial charge in [-0.05, 0) is 37.6 Å². The number of ether oxygens (including phenoxy) is 1. The summed E-state index contributed by atoms with van der Waals surface area (Å²) >= 11 is 0. The third kappa shape index (κ3) is 2.47. The van der Waals surface area contributed by atoms with E-state index < -0.39 is 0 Å². The van der Waals surface area contributed by atoms with Gasteiger partial charge in [0.25, 0.3) is 0 Å². The van der Waals surface area contributed by atoms with E-state index in [2.05, 4.69) is 30.0 Å². The second kappa shape index (κ2) is 5.66. The number of aryl methyl sites for hydroxylation is 2. The number of hydrogen-bond donors (Lipinski definition) is 0. The molecule has 0 spiro atoms. The zero-order valence-electron chi connectivity index (χ0n) is 13.5. The molecule has 0 aliphatic carbocycles. The molecule has 1 aliphatic rings. The number of anilines is 1. The molecule has 0 radical (unpaired) electrons. The van der Waals surface area contributed by atoms with Crippen LogP contribution < -0.4 is 4.90 Å². The van der Waals surface area contributed by atoms with Gasteiger partial charge in [0.15, 0.2) is 5.65 Å². The van der Waals surface area contributed by atoms with Crippen LogP contribution in [0, 0.1) is 13.8 Å². The van der Waals surface area contributed by atoms with Gasteiger partial charge in [-0.15, -0.1) is 0 Å². The standard InChI is InChI=1S/C18H20N4O/c1-13-12-16(21-8-10-23-11-9-21)19-18-17(13)14(2)20-22(18)15-6-4-3-5-7-15/h3-7,12H,8-11H2,1-2H3. The molecule has 1 saturated heterocycles. The number of aromatic nitrogens is 3. The number of fused-ring (bicyclic) bond motifs is 1. The highest BCUT2D eigenvalue weighted by molar-refractivity contribution is 5.85. The first kappa shape index (κ1) is 14.2. The Labute approximate surface area is 135 Å². The summed E-state index contributed by atoms with van der Waals surface area (Å²) in [7, 11) is 0. The van der Waals surface area contributed by atoms with Crippen molar-refractivity contribution in [1.29, 1.82) is 0 Å². The zero-order valence-corrected chi connectivity index (χ0v) is 13.5. The minimum Gasteiger partial charge on any atom is -0.378 e. The minimum absolute atomic E-state index is 0.760. The van der Waals surface area contributed by atoms with E-state index in [1.165, 1.54) is 5.56 Å². The average molecular weight is 308 g/mol. The van der Waals surface area contributed by atoms with E-state index in [0.29, 0.717) is 0 Å². The lowest BCUT2D eigenvalue weighted by atomic mass is 10.1. The third-order valence-corrected chi connectivity index (χ3v) is 4.33. The molecule has 0 saturated carbocycles. The van der Waals surface area contributed by atoms with E-state index in [1.807, 2.05) is 29.8 Å². The van der Waals surface area contributed by atoms with Crippen molar-refractivity contribution in [3.05, 3.63) is 47.7 Å². The molecule has 1 aromatic carbocycles. The Bertz CT molecular complexity index is 835. The van der Waals surface area contributed by atoms with Gasteiger partial charge in [-0.3, -0.25) is 0 Å². The van der Waals surface area contributed by atoms with E-state index in [9.17, 15) is 0 Å². The molecular formula is C18H20N4O. The van der Waals surface area contributed by atoms with Gasteiger partial charge in [0, 0.05) is 18.5 Å². The van der Waals surface area contributed by atoms with Gasteiger partial charge in [0.05, 0.1) is 24.6 Å². The van der Waals surface area contributed by atoms with Crippen molar-refractivity contribution >= 4 is 16.9 Å². The number of morpholine rings is 1. The van der Waals surface area contributed by atoms with E-state index in [-0.39, 0.29) is 0 Å². The molecule has 3 heterocycles. The van der Waals surface area contributed by atoms with Crippen LogP contribution in [0.15, 0.2) is 36.4 Å². The molecule has 0 atom stereocenters. The average Bonchev–Trinajstić information content (AvgIpc) is 2.94. The summed E-state index contributed by atoms with van der Waals surface area (Å²) in [5.74, 6) is 1.01. The number of hydrogen-bond acceptors (Lipinski definition) is 4. The Morgan fingerprint density at radius 1 is 1.04 bits per heavy atom. The maximum atomic E-state index is 5.45. The van der Waals surface area contributed by atoms with Crippen molar-refractivity contribution in [3.8, 4) is 5.69 Å². The normalized spacial score (nSPS) is 15.3. The fourth-order valence-electron chi connectivity index (χ4n) is 3.19. The first-order chi connectivity index (χ1) is 11.2. The lowest BCUT2D eigenvalue weighted by Crippen LogP contribution is -2.36. The molecule has 4 rings (SSSR count). The van der Waals surface area contributed by atoms with Gasteiger partial charge in [0.2, 0.25) is 0 Å². The van der Waals surface area contributed by atoms with Crippen LogP contribution in [0.4, 0.5) is 5.82 Å². The minimum atomic E-state index is 0.760. The van der Waals surface area contributed by atoms with E-state index in [4.69, 9.17) is 14.8 Å². The van der Waals surface area contributed by atoms with Gasteiger partial charge < -0.3 is 9.64 Å². The lowest BCUT2D eigenvalue weighted by molar-refractivity contribution is 0.122. The molecule has 0 amide bonds. The Morgan fingerprint density at radius 2 is 1.78 bits per heavy atom. The largest absolute Gasteiger partial charge is 0.378 e. The zero-order chi connectivity index (χ0) is 15.8. The Morgan fingerprint density at radius 3 is 2.52 bits per heavy atom. The molecule has 0 unspecified atom stereocenters. The van der Waals surface area contributed by atoms with Gasteiger partial charge in [0.1, 0.15) is 5.82 Å². The van der Waals surface area contributed by atoms with Crippen LogP contribution in [0.25, 0.3) is 16.7 Å². The molecule has 0 bridgehead atoms. The van der Waals surface area contributed by atoms with E-state index in [1.54, 1.807) is 0 Å². The Balaban J connectivity index is 1.89. The second-order valence-electron chi connectivity index (χ2n) is 5.93. The summed E-state index contributed by atoms with van der Waals surface area (Å²) in [5.41, 5.74) is 4.20. The van der Waals surface area contributed by atoms with Gasteiger partial charge >= 0.3 is 0 Å². The monoisotopic (exact) mass is 308 g/mol. The highest BCUT2D eigenvalue weighted by Crippen LogP contribution is 2.27. The smallest absolute Gasteiger partial charge is 0.165 e. The summed E-state index contributed by atoms with van der Waals surface area (Å²) in [6.07, 6.45) is 0. The molecule has 3 aromatic rings. The Kier molecular flexibility index (Phi) is 3.50. The predicted molar refractivity (Wildman–Crippen MR) is 91.4 cm³/mol. The number of pyridine rings is 1. The fraction of sp³-hybridized carbons (Fsp3) is 0.333. The first-order valence-electron chi connectivity index (χ1n) is 7.99. The SMILES string of the molecule is Cc1cc(N2CCOCC2)nc2c1c(C)nn2-c1ccccc1. The molecule has 2 aromatic heterocycles. The summed E-state index contributed by atoms with van der Waals surface area (Å²) < 4.78 is 7.40. The maximum Gasteiger partial charge on any atom is 0.165 e. The molecule has 1 fully saturated rings. The predicted octanol–water partition coefficient (Wildman–Crippen LogP) is 2.87. The van der Waals surface area contributed by atoms with Crippen LogP contribution in [-0.2, 0) is 4.74 Å². The number of rotatable bonds is 2. The lowest BCUT2D eigenvalue weighted by Gasteiger charge is -2.28. The van der Waals surface area contributed by atoms with Crippen molar-refractivity contribution in [2.75, 3.05) is 31.2 Å². The highest BCUT2D eigenvalue weighted by atomic mass is 16.5. The molecule has 23 heavy (non-hydrogen) atoms. The molecule has 5 heteroatoms. The van der Waals surface area contributed by atoms with Crippen LogP contribution >= 0.6 is 0 Å². The number of para-hydroxylation sites is 1. The quantitative estimate of drug-likeness (QED) is 0.730. The van der Waals surface area contributed by atoms with Crippen LogP contribution in [0.1, 0.15) is 11.3 Å². The fourth-order valence-corrected chi connectivity index (χ4v) is 3.19. The molecule has 0 N–H and O–H groups in total. The van der Waals surface area contributed by atoms with Crippen molar-refractivity contribution in [2.45, 2.75) is 13.8 Å². The summed E-state index contributed by atoms with van der Waals surface area (Å²) in [4.78, 5) is 7.21. The first-order valence-corrected chi connectivity index (χ1v) is 7.99. The second-order valence-corrected chi connectivity index (χ2v) is 5.93. The van der Waals surface area contributed by atoms with Gasteiger partial charge in [-0.25, -0.2) is 9.67 Å². The third-order valence-electron chi connectivity index (χ3n) is 4.33. The van der Waals surface area contributed by atoms with Crippen molar-refractivity contribution in [3.63, 3.8) is 0 Å². The van der Waals surface area contributed by atoms with Crippen LogP contribution in [0.5, 0.6) is 0 Å². The van der Waals surface area contributed by atoms with Crippen LogP contribution in [0.3, 0.4) is 0 Å². The molecule has 5 nitrogen and oxygen atoms in total. The van der Waals surface area contributed by atoms with Crippen LogP contribution in [-0.4, -0.2) is 41.1 Å². The summed E-state index contributed by atoms with van der Waals surface area (Å²) in [5, 5.41) is 5.86. The molecule has 118 valence electrons. The van der Waals surface area contributed by atoms with Gasteiger partial charge in [-0.1, -0.05) is 18.2 Å². The molecule has 1 aliphatic heterocycles. The van der Waals surface area contributed by atoms with Crippen LogP contribution in [0.2, 0.25) is 0 Å². The van der Waals surface area contributed by atoms with Gasteiger partial charge in [-0.2, -0.15) is 5.10 Å². The van der Waals surface area contributed by atoms with Crippen molar-refractivity contribution in [1.82, 2.24) is 14.8 Å². The number of benzene rings is 1. The number of nitrogens with zero attached hydrogens (tertiary/aromatic N) is 4. The summed E-state index contributed by atoms with van der Waals surface area (Å²) in [6, 6.07) is 12.3. The van der Waals surface area contributed by atoms with Crippen molar-refractivity contribution < 1.29 is 4.74 Å². The van der Waals surface area contributed by atoms with E-state index in [0.717, 1.165) is 54.5 Å². The van der Waals surface area contributed by atoms with E-state index >= 15 is 0 Å². The maximum absolute atomic E-state index is 5.45.